The first-order valence-corrected chi connectivity index (χ1v) is 11.3. The van der Waals surface area contributed by atoms with E-state index in [0.29, 0.717) is 33.4 Å². The molecule has 0 unspecified atom stereocenters. The van der Waals surface area contributed by atoms with Crippen molar-refractivity contribution in [3.05, 3.63) is 74.9 Å². The molecule has 0 radical (unpaired) electrons. The molecule has 0 aliphatic rings. The number of hydrogen-bond donors (Lipinski definition) is 2. The van der Waals surface area contributed by atoms with E-state index in [1.165, 1.54) is 30.6 Å². The second-order valence-corrected chi connectivity index (χ2v) is 9.68. The molecular weight excluding hydrogens is 432 g/mol. The molecule has 0 spiro atoms. The van der Waals surface area contributed by atoms with Crippen LogP contribution in [0.25, 0.3) is 0 Å². The van der Waals surface area contributed by atoms with Crippen LogP contribution >= 0.6 is 22.9 Å². The Morgan fingerprint density at radius 3 is 2.45 bits per heavy atom. The largest absolute Gasteiger partial charge is 0.497 e. The zero-order chi connectivity index (χ0) is 21.0. The van der Waals surface area contributed by atoms with E-state index in [-0.39, 0.29) is 10.8 Å². The summed E-state index contributed by atoms with van der Waals surface area (Å²) in [6, 6.07) is 14.6. The lowest BCUT2D eigenvalue weighted by molar-refractivity contribution is 0.0950. The summed E-state index contributed by atoms with van der Waals surface area (Å²) >= 11 is 7.27. The van der Waals surface area contributed by atoms with Crippen molar-refractivity contribution in [1.82, 2.24) is 5.32 Å². The molecule has 0 saturated heterocycles. The minimum absolute atomic E-state index is 0.00300. The van der Waals surface area contributed by atoms with Crippen LogP contribution in [0, 0.1) is 6.92 Å². The van der Waals surface area contributed by atoms with Gasteiger partial charge in [-0.1, -0.05) is 17.7 Å². The Morgan fingerprint density at radius 2 is 1.83 bits per heavy atom. The number of carbonyl (C=O) groups is 1. The summed E-state index contributed by atoms with van der Waals surface area (Å²) in [7, 11) is -2.32. The van der Waals surface area contributed by atoms with E-state index in [9.17, 15) is 13.2 Å². The second kappa shape index (κ2) is 8.86. The Morgan fingerprint density at radius 1 is 1.10 bits per heavy atom. The van der Waals surface area contributed by atoms with Crippen LogP contribution in [-0.2, 0) is 16.6 Å². The van der Waals surface area contributed by atoms with Crippen LogP contribution in [-0.4, -0.2) is 21.4 Å². The van der Waals surface area contributed by atoms with Gasteiger partial charge in [-0.25, -0.2) is 8.42 Å². The number of sulfonamides is 1. The van der Waals surface area contributed by atoms with Crippen LogP contribution < -0.4 is 14.8 Å². The number of hydrogen-bond acceptors (Lipinski definition) is 5. The van der Waals surface area contributed by atoms with Gasteiger partial charge in [0.05, 0.1) is 22.9 Å². The number of anilines is 1. The van der Waals surface area contributed by atoms with Gasteiger partial charge in [-0.05, 0) is 61.0 Å². The molecule has 0 aliphatic heterocycles. The van der Waals surface area contributed by atoms with E-state index < -0.39 is 10.0 Å². The van der Waals surface area contributed by atoms with Gasteiger partial charge >= 0.3 is 0 Å². The van der Waals surface area contributed by atoms with E-state index in [0.717, 1.165) is 4.88 Å². The van der Waals surface area contributed by atoms with Crippen molar-refractivity contribution < 1.29 is 17.9 Å². The summed E-state index contributed by atoms with van der Waals surface area (Å²) in [6.45, 7) is 2.07. The zero-order valence-corrected chi connectivity index (χ0v) is 18.1. The minimum atomic E-state index is -3.86. The van der Waals surface area contributed by atoms with Gasteiger partial charge in [0.1, 0.15) is 5.75 Å². The fraction of sp³-hybridized carbons (Fsp3) is 0.150. The molecule has 2 N–H and O–H groups in total. The van der Waals surface area contributed by atoms with Gasteiger partial charge in [0.15, 0.2) is 0 Å². The number of amides is 1. The third-order valence-corrected chi connectivity index (χ3v) is 6.77. The lowest BCUT2D eigenvalue weighted by Crippen LogP contribution is -2.24. The molecule has 9 heteroatoms. The maximum absolute atomic E-state index is 12.7. The van der Waals surface area contributed by atoms with Gasteiger partial charge in [-0.3, -0.25) is 9.52 Å². The van der Waals surface area contributed by atoms with Crippen LogP contribution in [0.4, 0.5) is 5.69 Å². The average Bonchev–Trinajstić information content (AvgIpc) is 3.12. The molecule has 0 fully saturated rings. The van der Waals surface area contributed by atoms with Crippen molar-refractivity contribution >= 4 is 44.6 Å². The lowest BCUT2D eigenvalue weighted by atomic mass is 10.1. The Bertz CT molecular complexity index is 1130. The molecule has 0 aliphatic carbocycles. The first-order valence-electron chi connectivity index (χ1n) is 8.58. The molecule has 29 heavy (non-hydrogen) atoms. The average molecular weight is 451 g/mol. The SMILES string of the molecule is COc1ccc(NS(=O)(=O)c2ccc(C)c(C(=O)NCc3ccc(Cl)s3)c2)cc1. The van der Waals surface area contributed by atoms with Crippen molar-refractivity contribution in [3.63, 3.8) is 0 Å². The molecule has 6 nitrogen and oxygen atoms in total. The molecule has 1 aromatic heterocycles. The maximum atomic E-state index is 12.7. The topological polar surface area (TPSA) is 84.5 Å². The molecule has 3 aromatic rings. The van der Waals surface area contributed by atoms with Crippen molar-refractivity contribution in [2.45, 2.75) is 18.4 Å². The van der Waals surface area contributed by atoms with E-state index in [1.807, 2.05) is 6.07 Å². The summed E-state index contributed by atoms with van der Waals surface area (Å²) in [5.74, 6) is 0.266. The van der Waals surface area contributed by atoms with Crippen LogP contribution in [0.2, 0.25) is 4.34 Å². The van der Waals surface area contributed by atoms with Gasteiger partial charge in [0.2, 0.25) is 0 Å². The van der Waals surface area contributed by atoms with Crippen molar-refractivity contribution in [1.29, 1.82) is 0 Å². The molecule has 2 aromatic carbocycles. The fourth-order valence-electron chi connectivity index (χ4n) is 2.60. The van der Waals surface area contributed by atoms with Crippen LogP contribution in [0.15, 0.2) is 59.5 Å². The number of ether oxygens (including phenoxy) is 1. The molecule has 0 bridgehead atoms. The van der Waals surface area contributed by atoms with Crippen LogP contribution in [0.5, 0.6) is 5.75 Å². The van der Waals surface area contributed by atoms with Crippen molar-refractivity contribution in [2.24, 2.45) is 0 Å². The number of benzene rings is 2. The Kier molecular flexibility index (Phi) is 6.46. The number of thiophene rings is 1. The Balaban J connectivity index is 1.78. The molecule has 152 valence electrons. The van der Waals surface area contributed by atoms with E-state index >= 15 is 0 Å². The monoisotopic (exact) mass is 450 g/mol. The molecule has 0 saturated carbocycles. The van der Waals surface area contributed by atoms with Gasteiger partial charge in [-0.2, -0.15) is 0 Å². The van der Waals surface area contributed by atoms with Gasteiger partial charge in [0.25, 0.3) is 15.9 Å². The van der Waals surface area contributed by atoms with E-state index in [4.69, 9.17) is 16.3 Å². The zero-order valence-electron chi connectivity index (χ0n) is 15.7. The highest BCUT2D eigenvalue weighted by atomic mass is 35.5. The minimum Gasteiger partial charge on any atom is -0.497 e. The second-order valence-electron chi connectivity index (χ2n) is 6.20. The van der Waals surface area contributed by atoms with Crippen molar-refractivity contribution in [3.8, 4) is 5.75 Å². The van der Waals surface area contributed by atoms with E-state index in [1.54, 1.807) is 43.3 Å². The lowest BCUT2D eigenvalue weighted by Gasteiger charge is -2.12. The first-order chi connectivity index (χ1) is 13.8. The molecule has 1 amide bonds. The van der Waals surface area contributed by atoms with Crippen LogP contribution in [0.1, 0.15) is 20.8 Å². The Hall–Kier alpha value is -2.55. The summed E-state index contributed by atoms with van der Waals surface area (Å²) in [6.07, 6.45) is 0. The molecule has 3 rings (SSSR count). The molecule has 1 heterocycles. The predicted molar refractivity (Wildman–Crippen MR) is 115 cm³/mol. The van der Waals surface area contributed by atoms with Gasteiger partial charge < -0.3 is 10.1 Å². The number of carbonyl (C=O) groups excluding carboxylic acids is 1. The highest BCUT2D eigenvalue weighted by molar-refractivity contribution is 7.92. The number of halogens is 1. The third-order valence-electron chi connectivity index (χ3n) is 4.16. The number of rotatable bonds is 7. The van der Waals surface area contributed by atoms with Crippen molar-refractivity contribution in [2.75, 3.05) is 11.8 Å². The van der Waals surface area contributed by atoms with E-state index in [2.05, 4.69) is 10.0 Å². The standard InChI is InChI=1S/C20H19ClN2O4S2/c1-13-3-9-17(29(25,26)23-14-4-6-15(27-2)7-5-14)11-18(13)20(24)22-12-16-8-10-19(21)28-16/h3-11,23H,12H2,1-2H3,(H,22,24). The van der Waals surface area contributed by atoms with Gasteiger partial charge in [-0.15, -0.1) is 11.3 Å². The molecular formula is C20H19ClN2O4S2. The highest BCUT2D eigenvalue weighted by Gasteiger charge is 2.18. The highest BCUT2D eigenvalue weighted by Crippen LogP contribution is 2.23. The van der Waals surface area contributed by atoms with Crippen LogP contribution in [0.3, 0.4) is 0 Å². The summed E-state index contributed by atoms with van der Waals surface area (Å²) < 4.78 is 33.7. The summed E-state index contributed by atoms with van der Waals surface area (Å²) in [5.41, 5.74) is 1.37. The molecule has 0 atom stereocenters. The summed E-state index contributed by atoms with van der Waals surface area (Å²) in [4.78, 5) is 13.5. The summed E-state index contributed by atoms with van der Waals surface area (Å²) in [5, 5.41) is 2.79. The Labute approximate surface area is 178 Å². The quantitative estimate of drug-likeness (QED) is 0.557. The number of nitrogens with one attached hydrogen (secondary N) is 2. The smallest absolute Gasteiger partial charge is 0.261 e. The fourth-order valence-corrected chi connectivity index (χ4v) is 4.71. The third kappa shape index (κ3) is 5.29. The van der Waals surface area contributed by atoms with Gasteiger partial charge in [0, 0.05) is 16.1 Å². The normalized spacial score (nSPS) is 11.1. The predicted octanol–water partition coefficient (Wildman–Crippen LogP) is 4.45. The first kappa shape index (κ1) is 21.2. The maximum Gasteiger partial charge on any atom is 0.261 e. The number of methoxy groups -OCH3 is 1. The number of aryl methyl sites for hydroxylation is 1.